The molecule has 2 rings (SSSR count). The van der Waals surface area contributed by atoms with Gasteiger partial charge >= 0.3 is 0 Å². The summed E-state index contributed by atoms with van der Waals surface area (Å²) in [6, 6.07) is 0.611. The summed E-state index contributed by atoms with van der Waals surface area (Å²) in [5.41, 5.74) is 0.779. The molecule has 0 aliphatic rings. The maximum absolute atomic E-state index is 4.30. The highest BCUT2D eigenvalue weighted by Crippen LogP contribution is 2.09. The van der Waals surface area contributed by atoms with Crippen LogP contribution in [0.3, 0.4) is 0 Å². The van der Waals surface area contributed by atoms with Crippen molar-refractivity contribution < 1.29 is 0 Å². The summed E-state index contributed by atoms with van der Waals surface area (Å²) in [6.07, 6.45) is 7.58. The zero-order valence-electron chi connectivity index (χ0n) is 11.9. The zero-order chi connectivity index (χ0) is 13.7. The number of anilines is 1. The largest absolute Gasteiger partial charge is 0.367 e. The van der Waals surface area contributed by atoms with E-state index in [1.165, 1.54) is 6.42 Å². The molecule has 0 aromatic carbocycles. The number of nitrogens with zero attached hydrogens (tertiary/aromatic N) is 5. The molecule has 0 unspecified atom stereocenters. The maximum Gasteiger partial charge on any atom is 0.203 e. The van der Waals surface area contributed by atoms with E-state index >= 15 is 0 Å². The molecular formula is C13H22N6. The lowest BCUT2D eigenvalue weighted by molar-refractivity contribution is 0.269. The van der Waals surface area contributed by atoms with Gasteiger partial charge in [-0.05, 0) is 40.3 Å². The summed E-state index contributed by atoms with van der Waals surface area (Å²) >= 11 is 0. The second-order valence-corrected chi connectivity index (χ2v) is 5.05. The van der Waals surface area contributed by atoms with Crippen molar-refractivity contribution in [2.75, 3.05) is 25.5 Å². The normalized spacial score (nSPS) is 11.6. The van der Waals surface area contributed by atoms with E-state index in [0.29, 0.717) is 6.04 Å². The highest BCUT2D eigenvalue weighted by molar-refractivity contribution is 5.61. The van der Waals surface area contributed by atoms with Crippen LogP contribution in [0.2, 0.25) is 0 Å². The van der Waals surface area contributed by atoms with Crippen LogP contribution < -0.4 is 5.32 Å². The van der Waals surface area contributed by atoms with Crippen LogP contribution in [-0.4, -0.2) is 50.7 Å². The summed E-state index contributed by atoms with van der Waals surface area (Å²) in [5.74, 6) is 0.803. The van der Waals surface area contributed by atoms with Crippen molar-refractivity contribution in [1.29, 1.82) is 0 Å². The van der Waals surface area contributed by atoms with Gasteiger partial charge in [0.05, 0.1) is 0 Å². The fraction of sp³-hybridized carbons (Fsp3) is 0.615. The first-order valence-corrected chi connectivity index (χ1v) is 6.77. The van der Waals surface area contributed by atoms with Crippen molar-refractivity contribution >= 4 is 11.5 Å². The maximum atomic E-state index is 4.30. The summed E-state index contributed by atoms with van der Waals surface area (Å²) in [7, 11) is 2.16. The minimum Gasteiger partial charge on any atom is -0.367 e. The Balaban J connectivity index is 1.76. The van der Waals surface area contributed by atoms with Crippen LogP contribution in [0.25, 0.3) is 5.65 Å². The Labute approximate surface area is 113 Å². The standard InChI is InChI=1S/C13H22N6/c1-11(2)18(3)8-5-4-6-14-12-13-17-16-10-19(13)9-7-15-12/h7,9-11H,4-6,8H2,1-3H3,(H,14,15). The van der Waals surface area contributed by atoms with Crippen LogP contribution in [0.5, 0.6) is 0 Å². The van der Waals surface area contributed by atoms with Gasteiger partial charge in [-0.1, -0.05) is 0 Å². The summed E-state index contributed by atoms with van der Waals surface area (Å²) in [6.45, 7) is 6.47. The van der Waals surface area contributed by atoms with Crippen molar-refractivity contribution in [2.24, 2.45) is 0 Å². The van der Waals surface area contributed by atoms with Gasteiger partial charge in [0, 0.05) is 25.0 Å². The Hall–Kier alpha value is -1.69. The van der Waals surface area contributed by atoms with E-state index in [0.717, 1.165) is 31.0 Å². The van der Waals surface area contributed by atoms with E-state index in [2.05, 4.69) is 46.3 Å². The zero-order valence-corrected chi connectivity index (χ0v) is 11.9. The van der Waals surface area contributed by atoms with Crippen LogP contribution in [0, 0.1) is 0 Å². The van der Waals surface area contributed by atoms with Gasteiger partial charge in [-0.25, -0.2) is 4.98 Å². The lowest BCUT2D eigenvalue weighted by atomic mass is 10.2. The predicted molar refractivity (Wildman–Crippen MR) is 76.3 cm³/mol. The first kappa shape index (κ1) is 13.7. The molecular weight excluding hydrogens is 240 g/mol. The van der Waals surface area contributed by atoms with E-state index in [4.69, 9.17) is 0 Å². The first-order valence-electron chi connectivity index (χ1n) is 6.77. The molecule has 19 heavy (non-hydrogen) atoms. The molecule has 0 saturated heterocycles. The molecule has 1 N–H and O–H groups in total. The van der Waals surface area contributed by atoms with Gasteiger partial charge in [0.1, 0.15) is 6.33 Å². The van der Waals surface area contributed by atoms with Gasteiger partial charge in [-0.15, -0.1) is 10.2 Å². The second kappa shape index (κ2) is 6.47. The SMILES string of the molecule is CC(C)N(C)CCCCNc1nccn2cnnc12. The number of unbranched alkanes of at least 4 members (excludes halogenated alkanes) is 1. The number of hydrogen-bond donors (Lipinski definition) is 1. The van der Waals surface area contributed by atoms with Crippen LogP contribution in [-0.2, 0) is 0 Å². The molecule has 0 spiro atoms. The Kier molecular flexibility index (Phi) is 4.68. The van der Waals surface area contributed by atoms with E-state index in [9.17, 15) is 0 Å². The third-order valence-electron chi connectivity index (χ3n) is 3.33. The Morgan fingerprint density at radius 2 is 2.21 bits per heavy atom. The molecule has 2 aromatic rings. The molecule has 2 aromatic heterocycles. The van der Waals surface area contributed by atoms with Gasteiger partial charge in [-0.2, -0.15) is 0 Å². The number of rotatable bonds is 7. The average molecular weight is 262 g/mol. The van der Waals surface area contributed by atoms with Crippen molar-refractivity contribution in [3.8, 4) is 0 Å². The monoisotopic (exact) mass is 262 g/mol. The third kappa shape index (κ3) is 3.64. The number of aromatic nitrogens is 4. The molecule has 2 heterocycles. The molecule has 6 nitrogen and oxygen atoms in total. The highest BCUT2D eigenvalue weighted by Gasteiger charge is 2.04. The number of nitrogens with one attached hydrogen (secondary N) is 1. The Bertz CT molecular complexity index is 507. The second-order valence-electron chi connectivity index (χ2n) is 5.05. The van der Waals surface area contributed by atoms with Crippen molar-refractivity contribution in [3.05, 3.63) is 18.7 Å². The van der Waals surface area contributed by atoms with Gasteiger partial charge in [0.15, 0.2) is 5.82 Å². The Morgan fingerprint density at radius 3 is 3.00 bits per heavy atom. The quantitative estimate of drug-likeness (QED) is 0.769. The smallest absolute Gasteiger partial charge is 0.203 e. The molecule has 0 aliphatic carbocycles. The summed E-state index contributed by atoms with van der Waals surface area (Å²) in [5, 5.41) is 11.2. The van der Waals surface area contributed by atoms with Gasteiger partial charge in [0.2, 0.25) is 5.65 Å². The molecule has 0 fully saturated rings. The van der Waals surface area contributed by atoms with Crippen LogP contribution >= 0.6 is 0 Å². The molecule has 0 atom stereocenters. The van der Waals surface area contributed by atoms with Crippen molar-refractivity contribution in [2.45, 2.75) is 32.7 Å². The molecule has 6 heteroatoms. The molecule has 0 saturated carbocycles. The summed E-state index contributed by atoms with van der Waals surface area (Å²) in [4.78, 5) is 6.65. The molecule has 104 valence electrons. The van der Waals surface area contributed by atoms with Crippen molar-refractivity contribution in [3.63, 3.8) is 0 Å². The van der Waals surface area contributed by atoms with Gasteiger partial charge < -0.3 is 10.2 Å². The van der Waals surface area contributed by atoms with E-state index < -0.39 is 0 Å². The third-order valence-corrected chi connectivity index (χ3v) is 3.33. The molecule has 0 radical (unpaired) electrons. The predicted octanol–water partition coefficient (Wildman–Crippen LogP) is 1.66. The minimum absolute atomic E-state index is 0.611. The van der Waals surface area contributed by atoms with Crippen LogP contribution in [0.4, 0.5) is 5.82 Å². The van der Waals surface area contributed by atoms with Crippen molar-refractivity contribution in [1.82, 2.24) is 24.5 Å². The molecule has 0 aliphatic heterocycles. The highest BCUT2D eigenvalue weighted by atomic mass is 15.2. The average Bonchev–Trinajstić information content (AvgIpc) is 2.87. The van der Waals surface area contributed by atoms with Gasteiger partial charge in [0.25, 0.3) is 0 Å². The first-order chi connectivity index (χ1) is 9.18. The number of fused-ring (bicyclic) bond motifs is 1. The summed E-state index contributed by atoms with van der Waals surface area (Å²) < 4.78 is 1.86. The number of hydrogen-bond acceptors (Lipinski definition) is 5. The topological polar surface area (TPSA) is 58.4 Å². The fourth-order valence-electron chi connectivity index (χ4n) is 1.83. The van der Waals surface area contributed by atoms with Crippen LogP contribution in [0.15, 0.2) is 18.7 Å². The molecule has 0 bridgehead atoms. The van der Waals surface area contributed by atoms with E-state index in [-0.39, 0.29) is 0 Å². The lowest BCUT2D eigenvalue weighted by Crippen LogP contribution is -2.27. The Morgan fingerprint density at radius 1 is 1.37 bits per heavy atom. The van der Waals surface area contributed by atoms with E-state index in [1.807, 2.05) is 10.6 Å². The fourth-order valence-corrected chi connectivity index (χ4v) is 1.83. The minimum atomic E-state index is 0.611. The molecule has 0 amide bonds. The van der Waals surface area contributed by atoms with Gasteiger partial charge in [-0.3, -0.25) is 4.40 Å². The van der Waals surface area contributed by atoms with E-state index in [1.54, 1.807) is 12.5 Å². The lowest BCUT2D eigenvalue weighted by Gasteiger charge is -2.20. The van der Waals surface area contributed by atoms with Crippen LogP contribution in [0.1, 0.15) is 26.7 Å².